The molecule has 1 aromatic carbocycles. The normalized spacial score (nSPS) is 15.8. The third-order valence-electron chi connectivity index (χ3n) is 4.46. The van der Waals surface area contributed by atoms with Gasteiger partial charge in [0.2, 0.25) is 5.91 Å². The molecule has 1 N–H and O–H groups in total. The average Bonchev–Trinajstić information content (AvgIpc) is 3.40. The molecule has 2 amide bonds. The van der Waals surface area contributed by atoms with E-state index >= 15 is 0 Å². The lowest BCUT2D eigenvalue weighted by molar-refractivity contribution is -0.137. The summed E-state index contributed by atoms with van der Waals surface area (Å²) in [5.74, 6) is -0.344. The van der Waals surface area contributed by atoms with Gasteiger partial charge in [0, 0.05) is 27.2 Å². The molecule has 31 heavy (non-hydrogen) atoms. The van der Waals surface area contributed by atoms with Gasteiger partial charge in [-0.25, -0.2) is 0 Å². The fourth-order valence-electron chi connectivity index (χ4n) is 2.78. The molecule has 2 heterocycles. The first-order valence-corrected chi connectivity index (χ1v) is 9.41. The Morgan fingerprint density at radius 3 is 2.52 bits per heavy atom. The van der Waals surface area contributed by atoms with Gasteiger partial charge < -0.3 is 15.0 Å². The topological polar surface area (TPSA) is 89.4 Å². The second-order valence-electron chi connectivity index (χ2n) is 6.76. The van der Waals surface area contributed by atoms with E-state index in [4.69, 9.17) is 4.74 Å². The zero-order valence-electron chi connectivity index (χ0n) is 17.2. The number of carbonyl (C=O) groups is 2. The van der Waals surface area contributed by atoms with Crippen LogP contribution in [-0.4, -0.2) is 57.9 Å². The maximum atomic E-state index is 12.4. The molecular formula is C20H24F3N5O3. The minimum atomic E-state index is -4.32. The molecule has 168 valence electrons. The summed E-state index contributed by atoms with van der Waals surface area (Å²) in [4.78, 5) is 23.9. The molecule has 2 aromatic rings. The van der Waals surface area contributed by atoms with E-state index in [1.54, 1.807) is 25.2 Å². The Morgan fingerprint density at radius 1 is 1.32 bits per heavy atom. The third-order valence-corrected chi connectivity index (χ3v) is 4.46. The first-order valence-electron chi connectivity index (χ1n) is 9.41. The third kappa shape index (κ3) is 7.21. The standard InChI is InChI=1S/C15H16F3NO2.C5H8N4O/c1-2-14(20)19-8-7-13(9-19)21-10-11-3-5-12(6-4-11)15(16,17)18;1-6-5(10)4-3-9(2)8-7-4/h2-6,13H,1,7-10H2;3H,1-2H3,(H,6,10). The summed E-state index contributed by atoms with van der Waals surface area (Å²) in [5.41, 5.74) is 0.344. The number of ether oxygens (including phenoxy) is 1. The van der Waals surface area contributed by atoms with Gasteiger partial charge in [0.15, 0.2) is 5.69 Å². The highest BCUT2D eigenvalue weighted by Gasteiger charge is 2.30. The van der Waals surface area contributed by atoms with Crippen LogP contribution in [0.25, 0.3) is 0 Å². The lowest BCUT2D eigenvalue weighted by Gasteiger charge is -2.15. The molecule has 1 fully saturated rings. The van der Waals surface area contributed by atoms with Crippen LogP contribution >= 0.6 is 0 Å². The predicted octanol–water partition coefficient (Wildman–Crippen LogP) is 2.18. The highest BCUT2D eigenvalue weighted by atomic mass is 19.4. The maximum Gasteiger partial charge on any atom is 0.416 e. The molecule has 0 spiro atoms. The molecular weight excluding hydrogens is 415 g/mol. The minimum Gasteiger partial charge on any atom is -0.372 e. The van der Waals surface area contributed by atoms with Crippen LogP contribution in [0.1, 0.15) is 28.0 Å². The van der Waals surface area contributed by atoms with Crippen molar-refractivity contribution in [2.24, 2.45) is 7.05 Å². The predicted molar refractivity (Wildman–Crippen MR) is 106 cm³/mol. The fraction of sp³-hybridized carbons (Fsp3) is 0.400. The van der Waals surface area contributed by atoms with Gasteiger partial charge in [-0.15, -0.1) is 5.10 Å². The molecule has 1 saturated heterocycles. The molecule has 1 unspecified atom stereocenters. The molecule has 1 aliphatic rings. The summed E-state index contributed by atoms with van der Waals surface area (Å²) in [6, 6.07) is 4.90. The lowest BCUT2D eigenvalue weighted by atomic mass is 10.1. The number of nitrogens with one attached hydrogen (secondary N) is 1. The van der Waals surface area contributed by atoms with E-state index in [2.05, 4.69) is 22.2 Å². The molecule has 0 aliphatic carbocycles. The van der Waals surface area contributed by atoms with Gasteiger partial charge in [-0.05, 0) is 30.2 Å². The number of alkyl halides is 3. The van der Waals surface area contributed by atoms with Crippen LogP contribution in [0.4, 0.5) is 13.2 Å². The number of hydrogen-bond donors (Lipinski definition) is 1. The smallest absolute Gasteiger partial charge is 0.372 e. The van der Waals surface area contributed by atoms with Crippen LogP contribution in [-0.2, 0) is 29.4 Å². The SMILES string of the molecule is C=CC(=O)N1CCC(OCc2ccc(C(F)(F)F)cc2)C1.CNC(=O)c1cn(C)nn1. The number of halogens is 3. The van der Waals surface area contributed by atoms with Gasteiger partial charge in [0.05, 0.1) is 24.5 Å². The summed E-state index contributed by atoms with van der Waals surface area (Å²) in [7, 11) is 3.26. The maximum absolute atomic E-state index is 12.4. The number of benzene rings is 1. The molecule has 3 rings (SSSR count). The molecule has 11 heteroatoms. The summed E-state index contributed by atoms with van der Waals surface area (Å²) in [5, 5.41) is 9.62. The summed E-state index contributed by atoms with van der Waals surface area (Å²) >= 11 is 0. The molecule has 0 bridgehead atoms. The van der Waals surface area contributed by atoms with E-state index in [0.29, 0.717) is 24.3 Å². The van der Waals surface area contributed by atoms with Crippen LogP contribution < -0.4 is 5.32 Å². The fourth-order valence-corrected chi connectivity index (χ4v) is 2.78. The van der Waals surface area contributed by atoms with Gasteiger partial charge in [0.25, 0.3) is 5.91 Å². The Morgan fingerprint density at radius 2 is 2.00 bits per heavy atom. The van der Waals surface area contributed by atoms with E-state index in [-0.39, 0.29) is 24.5 Å². The number of aromatic nitrogens is 3. The minimum absolute atomic E-state index is 0.0869. The Balaban J connectivity index is 0.000000285. The first-order chi connectivity index (χ1) is 14.6. The number of carbonyl (C=O) groups excluding carboxylic acids is 2. The second kappa shape index (κ2) is 10.7. The number of amides is 2. The molecule has 0 saturated carbocycles. The molecule has 1 aromatic heterocycles. The first kappa shape index (κ1) is 24.1. The van der Waals surface area contributed by atoms with Gasteiger partial charge in [0.1, 0.15) is 0 Å². The Labute approximate surface area is 177 Å². The van der Waals surface area contributed by atoms with E-state index < -0.39 is 11.7 Å². The van der Waals surface area contributed by atoms with E-state index in [1.165, 1.54) is 22.9 Å². The van der Waals surface area contributed by atoms with Crippen molar-refractivity contribution in [3.63, 3.8) is 0 Å². The van der Waals surface area contributed by atoms with Crippen LogP contribution in [0.3, 0.4) is 0 Å². The Hall–Kier alpha value is -3.21. The van der Waals surface area contributed by atoms with Gasteiger partial charge in [-0.1, -0.05) is 23.9 Å². The number of aryl methyl sites for hydroxylation is 1. The van der Waals surface area contributed by atoms with Crippen molar-refractivity contribution in [3.8, 4) is 0 Å². The number of likely N-dealkylation sites (tertiary alicyclic amines) is 1. The Bertz CT molecular complexity index is 896. The largest absolute Gasteiger partial charge is 0.416 e. The molecule has 8 nitrogen and oxygen atoms in total. The molecule has 1 aliphatic heterocycles. The number of nitrogens with zero attached hydrogens (tertiary/aromatic N) is 4. The number of hydrogen-bond acceptors (Lipinski definition) is 5. The van der Waals surface area contributed by atoms with E-state index in [1.807, 2.05) is 0 Å². The quantitative estimate of drug-likeness (QED) is 0.722. The molecule has 1 atom stereocenters. The highest BCUT2D eigenvalue weighted by molar-refractivity contribution is 5.91. The van der Waals surface area contributed by atoms with Gasteiger partial charge in [-0.3, -0.25) is 14.3 Å². The highest BCUT2D eigenvalue weighted by Crippen LogP contribution is 2.29. The van der Waals surface area contributed by atoms with E-state index in [0.717, 1.165) is 18.6 Å². The van der Waals surface area contributed by atoms with Crippen LogP contribution in [0.5, 0.6) is 0 Å². The van der Waals surface area contributed by atoms with Crippen molar-refractivity contribution in [3.05, 3.63) is 59.9 Å². The monoisotopic (exact) mass is 439 g/mol. The average molecular weight is 439 g/mol. The van der Waals surface area contributed by atoms with Crippen LogP contribution in [0.15, 0.2) is 43.1 Å². The van der Waals surface area contributed by atoms with Crippen molar-refractivity contribution in [2.45, 2.75) is 25.3 Å². The zero-order chi connectivity index (χ0) is 23.0. The van der Waals surface area contributed by atoms with Crippen LogP contribution in [0, 0.1) is 0 Å². The van der Waals surface area contributed by atoms with Crippen molar-refractivity contribution in [2.75, 3.05) is 20.1 Å². The van der Waals surface area contributed by atoms with Crippen LogP contribution in [0.2, 0.25) is 0 Å². The summed E-state index contributed by atoms with van der Waals surface area (Å²) < 4.78 is 44.4. The van der Waals surface area contributed by atoms with Crippen molar-refractivity contribution >= 4 is 11.8 Å². The van der Waals surface area contributed by atoms with Crippen molar-refractivity contribution < 1.29 is 27.5 Å². The summed E-state index contributed by atoms with van der Waals surface area (Å²) in [6.07, 6.45) is -0.871. The molecule has 0 radical (unpaired) electrons. The lowest BCUT2D eigenvalue weighted by Crippen LogP contribution is -2.28. The zero-order valence-corrected chi connectivity index (χ0v) is 17.2. The van der Waals surface area contributed by atoms with Gasteiger partial charge in [-0.2, -0.15) is 13.2 Å². The van der Waals surface area contributed by atoms with Gasteiger partial charge >= 0.3 is 6.18 Å². The van der Waals surface area contributed by atoms with Crippen molar-refractivity contribution in [1.82, 2.24) is 25.2 Å². The summed E-state index contributed by atoms with van der Waals surface area (Å²) in [6.45, 7) is 4.77. The Kier molecular flexibility index (Phi) is 8.31. The number of rotatable bonds is 5. The van der Waals surface area contributed by atoms with Crippen molar-refractivity contribution in [1.29, 1.82) is 0 Å². The second-order valence-corrected chi connectivity index (χ2v) is 6.76. The van der Waals surface area contributed by atoms with E-state index in [9.17, 15) is 22.8 Å².